The Labute approximate surface area is 184 Å². The van der Waals surface area contributed by atoms with E-state index in [1.54, 1.807) is 0 Å². The average Bonchev–Trinajstić information content (AvgIpc) is 3.04. The van der Waals surface area contributed by atoms with Gasteiger partial charge < -0.3 is 4.57 Å². The third-order valence-electron chi connectivity index (χ3n) is 5.70. The topological polar surface area (TPSA) is 71.7 Å². The molecule has 0 atom stereocenters. The standard InChI is InChI=1S/C22H24FN3O3S2/c1-14-12-15(2)20-19(13-14)25(3)22(30-20)24-21(27)16-8-10-26(11-9-16)31(28,29)18-6-4-17(23)5-7-18/h4-7,12-13,16H,8-11H2,1-3H3. The summed E-state index contributed by atoms with van der Waals surface area (Å²) in [6.07, 6.45) is 0.824. The molecule has 0 bridgehead atoms. The van der Waals surface area contributed by atoms with Gasteiger partial charge in [0.1, 0.15) is 5.82 Å². The zero-order valence-electron chi connectivity index (χ0n) is 17.6. The number of nitrogens with zero attached hydrogens (tertiary/aromatic N) is 3. The van der Waals surface area contributed by atoms with Crippen molar-refractivity contribution in [2.45, 2.75) is 31.6 Å². The third kappa shape index (κ3) is 4.22. The van der Waals surface area contributed by atoms with Gasteiger partial charge >= 0.3 is 0 Å². The number of thiazole rings is 1. The zero-order valence-corrected chi connectivity index (χ0v) is 19.3. The predicted molar refractivity (Wildman–Crippen MR) is 119 cm³/mol. The van der Waals surface area contributed by atoms with Crippen LogP contribution in [0.25, 0.3) is 10.2 Å². The van der Waals surface area contributed by atoms with Crippen molar-refractivity contribution in [3.63, 3.8) is 0 Å². The van der Waals surface area contributed by atoms with Crippen LogP contribution in [0.15, 0.2) is 46.3 Å². The largest absolute Gasteiger partial charge is 0.319 e. The van der Waals surface area contributed by atoms with Crippen LogP contribution in [0.5, 0.6) is 0 Å². The molecule has 1 aromatic heterocycles. The minimum Gasteiger partial charge on any atom is -0.319 e. The molecule has 1 aliphatic heterocycles. The highest BCUT2D eigenvalue weighted by Crippen LogP contribution is 2.26. The number of fused-ring (bicyclic) bond motifs is 1. The van der Waals surface area contributed by atoms with E-state index < -0.39 is 15.8 Å². The van der Waals surface area contributed by atoms with E-state index in [1.807, 2.05) is 18.5 Å². The van der Waals surface area contributed by atoms with Crippen LogP contribution in [0.2, 0.25) is 0 Å². The fourth-order valence-electron chi connectivity index (χ4n) is 3.96. The Bertz CT molecular complexity index is 1320. The summed E-state index contributed by atoms with van der Waals surface area (Å²) in [5.41, 5.74) is 3.36. The number of aryl methyl sites for hydroxylation is 3. The predicted octanol–water partition coefficient (Wildman–Crippen LogP) is 3.52. The molecule has 2 heterocycles. The van der Waals surface area contributed by atoms with Crippen molar-refractivity contribution in [3.8, 4) is 0 Å². The maximum absolute atomic E-state index is 13.1. The van der Waals surface area contributed by atoms with E-state index in [0.717, 1.165) is 33.5 Å². The number of aromatic nitrogens is 1. The van der Waals surface area contributed by atoms with Crippen molar-refractivity contribution in [2.75, 3.05) is 13.1 Å². The smallest absolute Gasteiger partial charge is 0.251 e. The summed E-state index contributed by atoms with van der Waals surface area (Å²) in [6.45, 7) is 4.57. The van der Waals surface area contributed by atoms with E-state index in [4.69, 9.17) is 0 Å². The summed E-state index contributed by atoms with van der Waals surface area (Å²) < 4.78 is 43.0. The average molecular weight is 462 g/mol. The van der Waals surface area contributed by atoms with Crippen LogP contribution < -0.4 is 4.80 Å². The molecule has 4 rings (SSSR count). The van der Waals surface area contributed by atoms with Crippen molar-refractivity contribution in [1.82, 2.24) is 8.87 Å². The number of hydrogen-bond acceptors (Lipinski definition) is 4. The van der Waals surface area contributed by atoms with Gasteiger partial charge in [0.2, 0.25) is 10.0 Å². The molecule has 0 N–H and O–H groups in total. The van der Waals surface area contributed by atoms with E-state index >= 15 is 0 Å². The second-order valence-electron chi connectivity index (χ2n) is 7.96. The Hall–Kier alpha value is -2.36. The van der Waals surface area contributed by atoms with Crippen LogP contribution >= 0.6 is 11.3 Å². The van der Waals surface area contributed by atoms with Gasteiger partial charge in [-0.3, -0.25) is 4.79 Å². The van der Waals surface area contributed by atoms with Gasteiger partial charge in [0.15, 0.2) is 4.80 Å². The van der Waals surface area contributed by atoms with E-state index in [2.05, 4.69) is 24.0 Å². The van der Waals surface area contributed by atoms with Crippen molar-refractivity contribution in [2.24, 2.45) is 18.0 Å². The van der Waals surface area contributed by atoms with E-state index in [0.29, 0.717) is 17.6 Å². The van der Waals surface area contributed by atoms with Gasteiger partial charge in [0, 0.05) is 26.1 Å². The summed E-state index contributed by atoms with van der Waals surface area (Å²) in [5, 5.41) is 0. The molecule has 0 unspecified atom stereocenters. The summed E-state index contributed by atoms with van der Waals surface area (Å²) >= 11 is 1.49. The first kappa shape index (κ1) is 21.9. The van der Waals surface area contributed by atoms with Crippen LogP contribution in [0.3, 0.4) is 0 Å². The summed E-state index contributed by atoms with van der Waals surface area (Å²) in [4.78, 5) is 17.9. The number of hydrogen-bond donors (Lipinski definition) is 0. The molecule has 0 radical (unpaired) electrons. The maximum atomic E-state index is 13.1. The van der Waals surface area contributed by atoms with Crippen LogP contribution in [0, 0.1) is 25.6 Å². The Kier molecular flexibility index (Phi) is 5.85. The minimum atomic E-state index is -3.70. The fourth-order valence-corrected chi connectivity index (χ4v) is 6.50. The van der Waals surface area contributed by atoms with Crippen LogP contribution in [-0.4, -0.2) is 36.3 Å². The van der Waals surface area contributed by atoms with E-state index in [1.165, 1.54) is 27.8 Å². The Morgan fingerprint density at radius 3 is 2.42 bits per heavy atom. The van der Waals surface area contributed by atoms with E-state index in [-0.39, 0.29) is 29.8 Å². The summed E-state index contributed by atoms with van der Waals surface area (Å²) in [5.74, 6) is -1.01. The molecule has 1 fully saturated rings. The molecule has 164 valence electrons. The molecule has 1 aliphatic rings. The molecule has 9 heteroatoms. The molecule has 1 saturated heterocycles. The maximum Gasteiger partial charge on any atom is 0.251 e. The van der Waals surface area contributed by atoms with Gasteiger partial charge in [-0.1, -0.05) is 17.4 Å². The van der Waals surface area contributed by atoms with E-state index in [9.17, 15) is 17.6 Å². The lowest BCUT2D eigenvalue weighted by atomic mass is 9.98. The van der Waals surface area contributed by atoms with Crippen LogP contribution in [-0.2, 0) is 21.9 Å². The SMILES string of the molecule is Cc1cc(C)c2sc(=NC(=O)C3CCN(S(=O)(=O)c4ccc(F)cc4)CC3)n(C)c2c1. The molecule has 0 spiro atoms. The van der Waals surface area contributed by atoms with Crippen LogP contribution in [0.1, 0.15) is 24.0 Å². The number of carbonyl (C=O) groups is 1. The first-order valence-electron chi connectivity index (χ1n) is 10.1. The third-order valence-corrected chi connectivity index (χ3v) is 8.90. The lowest BCUT2D eigenvalue weighted by Crippen LogP contribution is -2.40. The van der Waals surface area contributed by atoms with Gasteiger partial charge in [0.25, 0.3) is 5.91 Å². The lowest BCUT2D eigenvalue weighted by Gasteiger charge is -2.29. The Morgan fingerprint density at radius 1 is 1.13 bits per heavy atom. The highest BCUT2D eigenvalue weighted by Gasteiger charge is 2.32. The molecule has 1 amide bonds. The van der Waals surface area contributed by atoms with Crippen LogP contribution in [0.4, 0.5) is 4.39 Å². The van der Waals surface area contributed by atoms with Gasteiger partial charge in [-0.2, -0.15) is 9.30 Å². The van der Waals surface area contributed by atoms with Gasteiger partial charge in [-0.15, -0.1) is 0 Å². The number of carbonyl (C=O) groups excluding carboxylic acids is 1. The number of sulfonamides is 1. The van der Waals surface area contributed by atoms with Crippen molar-refractivity contribution in [3.05, 3.63) is 58.1 Å². The second kappa shape index (κ2) is 8.29. The summed E-state index contributed by atoms with van der Waals surface area (Å²) in [6, 6.07) is 9.00. The fraction of sp³-hybridized carbons (Fsp3) is 0.364. The normalized spacial score (nSPS) is 16.8. The second-order valence-corrected chi connectivity index (χ2v) is 10.9. The highest BCUT2D eigenvalue weighted by molar-refractivity contribution is 7.89. The van der Waals surface area contributed by atoms with Gasteiger partial charge in [0.05, 0.1) is 15.1 Å². The minimum absolute atomic E-state index is 0.0614. The first-order valence-corrected chi connectivity index (χ1v) is 12.3. The number of rotatable bonds is 3. The Morgan fingerprint density at radius 2 is 1.77 bits per heavy atom. The lowest BCUT2D eigenvalue weighted by molar-refractivity contribution is -0.122. The number of piperidine rings is 1. The number of halogens is 1. The molecular formula is C22H24FN3O3S2. The quantitative estimate of drug-likeness (QED) is 0.599. The summed E-state index contributed by atoms with van der Waals surface area (Å²) in [7, 11) is -1.79. The highest BCUT2D eigenvalue weighted by atomic mass is 32.2. The van der Waals surface area contributed by atoms with Crippen molar-refractivity contribution < 1.29 is 17.6 Å². The van der Waals surface area contributed by atoms with Gasteiger partial charge in [-0.05, 0) is 68.1 Å². The Balaban J connectivity index is 1.51. The molecule has 3 aromatic rings. The molecular weight excluding hydrogens is 437 g/mol. The first-order chi connectivity index (χ1) is 14.7. The number of benzene rings is 2. The molecule has 0 aliphatic carbocycles. The molecule has 6 nitrogen and oxygen atoms in total. The molecule has 2 aromatic carbocycles. The molecule has 0 saturated carbocycles. The molecule has 31 heavy (non-hydrogen) atoms. The van der Waals surface area contributed by atoms with Crippen molar-refractivity contribution in [1.29, 1.82) is 0 Å². The number of amides is 1. The van der Waals surface area contributed by atoms with Gasteiger partial charge in [-0.25, -0.2) is 12.8 Å². The monoisotopic (exact) mass is 461 g/mol. The van der Waals surface area contributed by atoms with Crippen molar-refractivity contribution >= 4 is 37.5 Å². The zero-order chi connectivity index (χ0) is 22.3.